The number of hydrogen-bond donors (Lipinski definition) is 1. The van der Waals surface area contributed by atoms with E-state index in [4.69, 9.17) is 5.73 Å². The monoisotopic (exact) mass is 251 g/mol. The second kappa shape index (κ2) is 2.58. The smallest absolute Gasteiger partial charge is 0.0834 e. The molecule has 1 aliphatic carbocycles. The summed E-state index contributed by atoms with van der Waals surface area (Å²) in [5, 5.41) is 4.47. The molecule has 3 rings (SSSR count). The number of hydrogen-bond acceptors (Lipinski definition) is 2. The van der Waals surface area contributed by atoms with E-state index < -0.39 is 0 Å². The molecular weight excluding hydrogens is 242 g/mol. The van der Waals surface area contributed by atoms with Crippen LogP contribution < -0.4 is 5.73 Å². The molecular formula is C10H10BrN3. The fraction of sp³-hybridized carbons (Fsp3) is 0.300. The number of fused-ring (bicyclic) bond motifs is 1. The molecule has 3 nitrogen and oxygen atoms in total. The average molecular weight is 252 g/mol. The van der Waals surface area contributed by atoms with Crippen molar-refractivity contribution in [3.63, 3.8) is 0 Å². The molecule has 1 aliphatic rings. The van der Waals surface area contributed by atoms with E-state index in [-0.39, 0.29) is 5.54 Å². The van der Waals surface area contributed by atoms with Gasteiger partial charge < -0.3 is 5.73 Å². The Balaban J connectivity index is 2.25. The second-order valence-electron chi connectivity index (χ2n) is 3.87. The van der Waals surface area contributed by atoms with Gasteiger partial charge in [0.15, 0.2) is 0 Å². The first-order valence-corrected chi connectivity index (χ1v) is 5.42. The molecule has 0 bridgehead atoms. The maximum absolute atomic E-state index is 6.09. The number of halogens is 1. The minimum absolute atomic E-state index is 0.147. The minimum atomic E-state index is -0.147. The summed E-state index contributed by atoms with van der Waals surface area (Å²) in [6.07, 6.45) is 4.04. The van der Waals surface area contributed by atoms with Gasteiger partial charge in [0, 0.05) is 10.7 Å². The van der Waals surface area contributed by atoms with Crippen molar-refractivity contribution in [1.29, 1.82) is 0 Å². The minimum Gasteiger partial charge on any atom is -0.320 e. The lowest BCUT2D eigenvalue weighted by Gasteiger charge is -2.00. The molecule has 14 heavy (non-hydrogen) atoms. The maximum atomic E-state index is 6.09. The molecule has 2 aromatic rings. The van der Waals surface area contributed by atoms with Crippen LogP contribution in [0.5, 0.6) is 0 Å². The van der Waals surface area contributed by atoms with E-state index >= 15 is 0 Å². The normalized spacial score (nSPS) is 18.7. The average Bonchev–Trinajstić information content (AvgIpc) is 2.77. The van der Waals surface area contributed by atoms with Crippen molar-refractivity contribution >= 4 is 21.4 Å². The molecule has 72 valence electrons. The van der Waals surface area contributed by atoms with Gasteiger partial charge in [-0.15, -0.1) is 0 Å². The number of nitrogens with two attached hydrogens (primary N) is 1. The molecule has 0 aliphatic heterocycles. The van der Waals surface area contributed by atoms with E-state index in [9.17, 15) is 0 Å². The lowest BCUT2D eigenvalue weighted by Crippen LogP contribution is -2.19. The third kappa shape index (κ3) is 1.11. The van der Waals surface area contributed by atoms with Gasteiger partial charge in [-0.2, -0.15) is 5.10 Å². The molecule has 2 aromatic heterocycles. The van der Waals surface area contributed by atoms with Gasteiger partial charge in [-0.3, -0.25) is 0 Å². The molecule has 0 radical (unpaired) electrons. The van der Waals surface area contributed by atoms with Gasteiger partial charge in [-0.1, -0.05) is 0 Å². The van der Waals surface area contributed by atoms with Crippen LogP contribution in [0.3, 0.4) is 0 Å². The third-order valence-electron chi connectivity index (χ3n) is 2.75. The number of aromatic nitrogens is 2. The summed E-state index contributed by atoms with van der Waals surface area (Å²) in [6, 6.07) is 6.04. The maximum Gasteiger partial charge on any atom is 0.0834 e. The van der Waals surface area contributed by atoms with E-state index in [1.807, 2.05) is 22.8 Å². The predicted molar refractivity (Wildman–Crippen MR) is 58.0 cm³/mol. The molecule has 1 fully saturated rings. The summed E-state index contributed by atoms with van der Waals surface area (Å²) in [6.45, 7) is 0. The molecule has 0 atom stereocenters. The van der Waals surface area contributed by atoms with Gasteiger partial charge in [0.25, 0.3) is 0 Å². The van der Waals surface area contributed by atoms with Crippen molar-refractivity contribution in [3.05, 3.63) is 34.6 Å². The van der Waals surface area contributed by atoms with Crippen molar-refractivity contribution in [2.45, 2.75) is 18.4 Å². The van der Waals surface area contributed by atoms with Gasteiger partial charge in [-0.05, 0) is 47.0 Å². The molecule has 0 aromatic carbocycles. The molecule has 0 spiro atoms. The van der Waals surface area contributed by atoms with Gasteiger partial charge in [-0.25, -0.2) is 4.52 Å². The summed E-state index contributed by atoms with van der Waals surface area (Å²) in [7, 11) is 0. The molecule has 0 saturated heterocycles. The Kier molecular flexibility index (Phi) is 1.56. The fourth-order valence-electron chi connectivity index (χ4n) is 1.61. The number of rotatable bonds is 1. The highest BCUT2D eigenvalue weighted by Gasteiger charge is 2.42. The van der Waals surface area contributed by atoms with Crippen LogP contribution in [0, 0.1) is 0 Å². The number of pyridine rings is 1. The Morgan fingerprint density at radius 1 is 1.50 bits per heavy atom. The van der Waals surface area contributed by atoms with Crippen molar-refractivity contribution in [1.82, 2.24) is 9.61 Å². The van der Waals surface area contributed by atoms with E-state index in [0.717, 1.165) is 28.5 Å². The van der Waals surface area contributed by atoms with E-state index in [1.54, 1.807) is 0 Å². The summed E-state index contributed by atoms with van der Waals surface area (Å²) >= 11 is 3.50. The lowest BCUT2D eigenvalue weighted by atomic mass is 10.2. The van der Waals surface area contributed by atoms with Gasteiger partial charge in [0.1, 0.15) is 0 Å². The SMILES string of the molecule is NC1(c2cc3c(Br)cccn3n2)CC1. The topological polar surface area (TPSA) is 43.3 Å². The van der Waals surface area contributed by atoms with Crippen LogP contribution in [0.2, 0.25) is 0 Å². The Morgan fingerprint density at radius 3 is 2.93 bits per heavy atom. The van der Waals surface area contributed by atoms with Crippen molar-refractivity contribution < 1.29 is 0 Å². The second-order valence-corrected chi connectivity index (χ2v) is 4.73. The summed E-state index contributed by atoms with van der Waals surface area (Å²) in [4.78, 5) is 0. The van der Waals surface area contributed by atoms with E-state index in [0.29, 0.717) is 0 Å². The van der Waals surface area contributed by atoms with Crippen LogP contribution in [-0.4, -0.2) is 9.61 Å². The molecule has 0 unspecified atom stereocenters. The van der Waals surface area contributed by atoms with Crippen molar-refractivity contribution in [2.75, 3.05) is 0 Å². The molecule has 2 N–H and O–H groups in total. The van der Waals surface area contributed by atoms with Gasteiger partial charge in [0.05, 0.1) is 16.7 Å². The first kappa shape index (κ1) is 8.44. The highest BCUT2D eigenvalue weighted by molar-refractivity contribution is 9.10. The van der Waals surface area contributed by atoms with E-state index in [1.165, 1.54) is 0 Å². The standard InChI is InChI=1S/C10H10BrN3/c11-7-2-1-5-14-8(7)6-9(13-14)10(12)3-4-10/h1-2,5-6H,3-4,12H2. The molecule has 4 heteroatoms. The van der Waals surface area contributed by atoms with Gasteiger partial charge in [0.2, 0.25) is 0 Å². The zero-order valence-electron chi connectivity index (χ0n) is 7.57. The Bertz CT molecular complexity index is 499. The summed E-state index contributed by atoms with van der Waals surface area (Å²) in [5.74, 6) is 0. The largest absolute Gasteiger partial charge is 0.320 e. The third-order valence-corrected chi connectivity index (χ3v) is 3.42. The molecule has 0 amide bonds. The zero-order valence-corrected chi connectivity index (χ0v) is 9.16. The first-order valence-electron chi connectivity index (χ1n) is 4.62. The Hall–Kier alpha value is -0.870. The van der Waals surface area contributed by atoms with Crippen LogP contribution in [0.4, 0.5) is 0 Å². The molecule has 1 saturated carbocycles. The Morgan fingerprint density at radius 2 is 2.29 bits per heavy atom. The quantitative estimate of drug-likeness (QED) is 0.844. The Labute approximate surface area is 90.0 Å². The molecule has 2 heterocycles. The van der Waals surface area contributed by atoms with E-state index in [2.05, 4.69) is 27.1 Å². The summed E-state index contributed by atoms with van der Waals surface area (Å²) < 4.78 is 2.93. The highest BCUT2D eigenvalue weighted by Crippen LogP contribution is 2.42. The highest BCUT2D eigenvalue weighted by atomic mass is 79.9. The van der Waals surface area contributed by atoms with Crippen molar-refractivity contribution in [2.24, 2.45) is 5.73 Å². The first-order chi connectivity index (χ1) is 6.69. The fourth-order valence-corrected chi connectivity index (χ4v) is 2.06. The van der Waals surface area contributed by atoms with Crippen molar-refractivity contribution in [3.8, 4) is 0 Å². The van der Waals surface area contributed by atoms with Crippen LogP contribution in [0.15, 0.2) is 28.9 Å². The zero-order chi connectivity index (χ0) is 9.76. The predicted octanol–water partition coefficient (Wildman–Crippen LogP) is 2.04. The van der Waals surface area contributed by atoms with Crippen LogP contribution >= 0.6 is 15.9 Å². The van der Waals surface area contributed by atoms with Crippen LogP contribution in [0.25, 0.3) is 5.52 Å². The number of nitrogens with zero attached hydrogens (tertiary/aromatic N) is 2. The van der Waals surface area contributed by atoms with Gasteiger partial charge >= 0.3 is 0 Å². The van der Waals surface area contributed by atoms with Crippen LogP contribution in [-0.2, 0) is 5.54 Å². The summed E-state index contributed by atoms with van der Waals surface area (Å²) in [5.41, 5.74) is 8.03. The van der Waals surface area contributed by atoms with Crippen LogP contribution in [0.1, 0.15) is 18.5 Å². The lowest BCUT2D eigenvalue weighted by molar-refractivity contribution is 0.692.